The van der Waals surface area contributed by atoms with Gasteiger partial charge < -0.3 is 8.83 Å². The first-order valence-corrected chi connectivity index (χ1v) is 15.9. The zero-order chi connectivity index (χ0) is 32.3. The number of rotatable bonds is 5. The molecule has 0 fully saturated rings. The molecule has 4 heterocycles. The van der Waals surface area contributed by atoms with Crippen LogP contribution in [0.25, 0.3) is 95.6 Å². The third-order valence-electron chi connectivity index (χ3n) is 8.73. The van der Waals surface area contributed by atoms with Crippen LogP contribution < -0.4 is 0 Å². The first kappa shape index (κ1) is 27.2. The van der Waals surface area contributed by atoms with Gasteiger partial charge in [0, 0.05) is 33.0 Å². The highest BCUT2D eigenvalue weighted by Gasteiger charge is 2.21. The van der Waals surface area contributed by atoms with Crippen LogP contribution in [0.15, 0.2) is 154 Å². The van der Waals surface area contributed by atoms with Crippen molar-refractivity contribution < 1.29 is 8.83 Å². The second-order valence-corrected chi connectivity index (χ2v) is 11.8. The molecule has 0 atom stereocenters. The molecule has 10 rings (SSSR count). The number of hydrogen-bond acceptors (Lipinski definition) is 7. The second-order valence-electron chi connectivity index (χ2n) is 11.8. The molecule has 49 heavy (non-hydrogen) atoms. The van der Waals surface area contributed by atoms with Crippen LogP contribution in [-0.2, 0) is 0 Å². The average Bonchev–Trinajstić information content (AvgIpc) is 3.89. The summed E-state index contributed by atoms with van der Waals surface area (Å²) in [6.07, 6.45) is 0. The summed E-state index contributed by atoms with van der Waals surface area (Å²) < 4.78 is 14.5. The Morgan fingerprint density at radius 2 is 0.837 bits per heavy atom. The van der Waals surface area contributed by atoms with Crippen LogP contribution in [0.5, 0.6) is 0 Å². The van der Waals surface area contributed by atoms with Crippen LogP contribution in [0.3, 0.4) is 0 Å². The van der Waals surface area contributed by atoms with Crippen molar-refractivity contribution >= 4 is 44.0 Å². The first-order chi connectivity index (χ1) is 24.2. The number of benzene rings is 6. The Morgan fingerprint density at radius 3 is 1.31 bits per heavy atom. The molecule has 230 valence electrons. The van der Waals surface area contributed by atoms with E-state index in [0.29, 0.717) is 29.4 Å². The Bertz CT molecular complexity index is 2580. The van der Waals surface area contributed by atoms with E-state index in [4.69, 9.17) is 33.8 Å². The molecular weight excluding hydrogens is 608 g/mol. The summed E-state index contributed by atoms with van der Waals surface area (Å²) in [5.74, 6) is 2.79. The van der Waals surface area contributed by atoms with Crippen molar-refractivity contribution in [3.8, 4) is 51.6 Å². The number of aromatic nitrogens is 6. The zero-order valence-electron chi connectivity index (χ0n) is 25.9. The Balaban J connectivity index is 1.24. The van der Waals surface area contributed by atoms with Crippen LogP contribution in [0.4, 0.5) is 0 Å². The molecule has 0 amide bonds. The van der Waals surface area contributed by atoms with Crippen molar-refractivity contribution in [3.05, 3.63) is 146 Å². The van der Waals surface area contributed by atoms with Gasteiger partial charge in [-0.25, -0.2) is 15.0 Å². The third-order valence-corrected chi connectivity index (χ3v) is 8.73. The fourth-order valence-electron chi connectivity index (χ4n) is 6.39. The van der Waals surface area contributed by atoms with Crippen LogP contribution in [0.2, 0.25) is 0 Å². The topological polar surface area (TPSA) is 95.7 Å². The van der Waals surface area contributed by atoms with E-state index in [1.165, 1.54) is 0 Å². The van der Waals surface area contributed by atoms with Crippen molar-refractivity contribution in [2.75, 3.05) is 0 Å². The SMILES string of the molecule is c1ccc(-c2nc(-c3ccccc3)nc(-n3c4ccc(-c5nc6ccccc6o5)cc4c4cc(-c5nc6ccccc6o5)ccc43)n2)cc1. The molecule has 4 aromatic heterocycles. The highest BCUT2D eigenvalue weighted by molar-refractivity contribution is 6.11. The van der Waals surface area contributed by atoms with E-state index in [1.54, 1.807) is 0 Å². The van der Waals surface area contributed by atoms with E-state index in [0.717, 1.165) is 66.3 Å². The summed E-state index contributed by atoms with van der Waals surface area (Å²) >= 11 is 0. The van der Waals surface area contributed by atoms with Gasteiger partial charge in [0.05, 0.1) is 11.0 Å². The van der Waals surface area contributed by atoms with Gasteiger partial charge >= 0.3 is 0 Å². The van der Waals surface area contributed by atoms with Gasteiger partial charge in [-0.3, -0.25) is 4.57 Å². The lowest BCUT2D eigenvalue weighted by molar-refractivity contribution is 0.619. The minimum absolute atomic E-state index is 0.511. The van der Waals surface area contributed by atoms with Gasteiger partial charge in [-0.1, -0.05) is 84.9 Å². The molecule has 0 spiro atoms. The van der Waals surface area contributed by atoms with E-state index in [9.17, 15) is 0 Å². The smallest absolute Gasteiger partial charge is 0.238 e. The molecule has 0 bridgehead atoms. The summed E-state index contributed by atoms with van der Waals surface area (Å²) in [5.41, 5.74) is 8.48. The van der Waals surface area contributed by atoms with Crippen molar-refractivity contribution in [1.82, 2.24) is 29.5 Å². The fraction of sp³-hybridized carbons (Fsp3) is 0. The summed E-state index contributed by atoms with van der Waals surface area (Å²) in [5, 5.41) is 1.96. The van der Waals surface area contributed by atoms with E-state index >= 15 is 0 Å². The fourth-order valence-corrected chi connectivity index (χ4v) is 6.39. The van der Waals surface area contributed by atoms with Gasteiger partial charge in [0.2, 0.25) is 17.7 Å². The molecule has 0 radical (unpaired) electrons. The van der Waals surface area contributed by atoms with E-state index in [2.05, 4.69) is 28.8 Å². The van der Waals surface area contributed by atoms with Gasteiger partial charge in [0.1, 0.15) is 11.0 Å². The standard InChI is InChI=1S/C41H24N6O2/c1-3-11-25(12-4-1)37-44-38(26-13-5-2-6-14-26)46-41(45-37)47-33-21-19-27(39-42-31-15-7-9-17-35(31)48-39)23-29(33)30-24-28(20-22-34(30)47)40-43-32-16-8-10-18-36(32)49-40/h1-24H. The van der Waals surface area contributed by atoms with Gasteiger partial charge in [0.25, 0.3) is 0 Å². The number of fused-ring (bicyclic) bond motifs is 5. The second kappa shape index (κ2) is 10.8. The van der Waals surface area contributed by atoms with Crippen molar-refractivity contribution in [1.29, 1.82) is 0 Å². The molecular formula is C41H24N6O2. The van der Waals surface area contributed by atoms with Crippen molar-refractivity contribution in [2.24, 2.45) is 0 Å². The van der Waals surface area contributed by atoms with E-state index in [-0.39, 0.29) is 0 Å². The number of para-hydroxylation sites is 4. The maximum atomic E-state index is 6.19. The lowest BCUT2D eigenvalue weighted by atomic mass is 10.1. The summed E-state index contributed by atoms with van der Waals surface area (Å²) in [6.45, 7) is 0. The van der Waals surface area contributed by atoms with Crippen LogP contribution in [-0.4, -0.2) is 29.5 Å². The maximum absolute atomic E-state index is 6.19. The minimum atomic E-state index is 0.511. The van der Waals surface area contributed by atoms with Gasteiger partial charge in [0.15, 0.2) is 22.8 Å². The molecule has 6 aromatic carbocycles. The van der Waals surface area contributed by atoms with Crippen LogP contribution in [0.1, 0.15) is 0 Å². The lowest BCUT2D eigenvalue weighted by Crippen LogP contribution is -2.06. The highest BCUT2D eigenvalue weighted by atomic mass is 16.4. The number of hydrogen-bond donors (Lipinski definition) is 0. The van der Waals surface area contributed by atoms with Gasteiger partial charge in [-0.05, 0) is 60.7 Å². The zero-order valence-corrected chi connectivity index (χ0v) is 25.9. The summed E-state index contributed by atoms with van der Waals surface area (Å²) in [6, 6.07) is 48.0. The summed E-state index contributed by atoms with van der Waals surface area (Å²) in [4.78, 5) is 24.6. The van der Waals surface area contributed by atoms with Crippen molar-refractivity contribution in [3.63, 3.8) is 0 Å². The summed E-state index contributed by atoms with van der Waals surface area (Å²) in [7, 11) is 0. The Hall–Kier alpha value is -6.93. The van der Waals surface area contributed by atoms with E-state index < -0.39 is 0 Å². The molecule has 0 unspecified atom stereocenters. The van der Waals surface area contributed by atoms with Crippen LogP contribution >= 0.6 is 0 Å². The predicted octanol–water partition coefficient (Wildman–Crippen LogP) is 9.92. The normalized spacial score (nSPS) is 11.7. The van der Waals surface area contributed by atoms with Crippen molar-refractivity contribution in [2.45, 2.75) is 0 Å². The van der Waals surface area contributed by atoms with Gasteiger partial charge in [-0.2, -0.15) is 9.97 Å². The largest absolute Gasteiger partial charge is 0.436 e. The number of oxazole rings is 2. The van der Waals surface area contributed by atoms with Crippen LogP contribution in [0, 0.1) is 0 Å². The molecule has 0 aliphatic carbocycles. The molecule has 10 aromatic rings. The maximum Gasteiger partial charge on any atom is 0.238 e. The highest BCUT2D eigenvalue weighted by Crippen LogP contribution is 2.38. The third kappa shape index (κ3) is 4.57. The molecule has 0 saturated carbocycles. The molecule has 8 heteroatoms. The molecule has 0 N–H and O–H groups in total. The molecule has 0 aliphatic heterocycles. The lowest BCUT2D eigenvalue weighted by Gasteiger charge is -2.11. The Kier molecular flexibility index (Phi) is 6.01. The first-order valence-electron chi connectivity index (χ1n) is 15.9. The predicted molar refractivity (Wildman–Crippen MR) is 191 cm³/mol. The quantitative estimate of drug-likeness (QED) is 0.186. The number of nitrogens with zero attached hydrogens (tertiary/aromatic N) is 6. The Morgan fingerprint density at radius 1 is 0.388 bits per heavy atom. The molecule has 8 nitrogen and oxygen atoms in total. The molecule has 0 aliphatic rings. The van der Waals surface area contributed by atoms with E-state index in [1.807, 2.05) is 121 Å². The minimum Gasteiger partial charge on any atom is -0.436 e. The molecule has 0 saturated heterocycles. The van der Waals surface area contributed by atoms with Gasteiger partial charge in [-0.15, -0.1) is 0 Å². The average molecular weight is 633 g/mol. The Labute approximate surface area is 279 Å². The monoisotopic (exact) mass is 632 g/mol.